The molecule has 1 aromatic heterocycles. The molecule has 0 saturated carbocycles. The van der Waals surface area contributed by atoms with Crippen molar-refractivity contribution >= 4 is 0 Å². The number of halogens is 3. The maximum Gasteiger partial charge on any atom is 0.416 e. The van der Waals surface area contributed by atoms with E-state index in [1.807, 2.05) is 0 Å². The van der Waals surface area contributed by atoms with Gasteiger partial charge < -0.3 is 5.11 Å². The summed E-state index contributed by atoms with van der Waals surface area (Å²) in [6.07, 6.45) is -1.71. The fraction of sp³-hybridized carbons (Fsp3) is 0.0909. The quantitative estimate of drug-likeness (QED) is 0.833. The number of aromatic nitrogens is 2. The first-order chi connectivity index (χ1) is 7.98. The van der Waals surface area contributed by atoms with E-state index >= 15 is 0 Å². The Labute approximate surface area is 94.6 Å². The summed E-state index contributed by atoms with van der Waals surface area (Å²) < 4.78 is 37.1. The standard InChI is InChI=1S/C11H7F3N2O/c12-11(13,14)8-1-2-9(10(17)5-8)7-3-4-15-16-6-7/h1-6,17H. The van der Waals surface area contributed by atoms with E-state index in [0.29, 0.717) is 11.6 Å². The smallest absolute Gasteiger partial charge is 0.416 e. The van der Waals surface area contributed by atoms with Crippen LogP contribution in [0.3, 0.4) is 0 Å². The van der Waals surface area contributed by atoms with E-state index in [1.54, 1.807) is 6.07 Å². The summed E-state index contributed by atoms with van der Waals surface area (Å²) in [7, 11) is 0. The molecule has 0 amide bonds. The van der Waals surface area contributed by atoms with E-state index in [9.17, 15) is 18.3 Å². The topological polar surface area (TPSA) is 46.0 Å². The predicted molar refractivity (Wildman–Crippen MR) is 54.1 cm³/mol. The molecule has 1 N–H and O–H groups in total. The highest BCUT2D eigenvalue weighted by Gasteiger charge is 2.31. The summed E-state index contributed by atoms with van der Waals surface area (Å²) in [6, 6.07) is 4.36. The van der Waals surface area contributed by atoms with Crippen LogP contribution in [0.4, 0.5) is 13.2 Å². The average molecular weight is 240 g/mol. The van der Waals surface area contributed by atoms with Crippen molar-refractivity contribution in [3.63, 3.8) is 0 Å². The third-order valence-corrected chi connectivity index (χ3v) is 2.22. The summed E-state index contributed by atoms with van der Waals surface area (Å²) in [5.41, 5.74) is -0.0973. The third-order valence-electron chi connectivity index (χ3n) is 2.22. The first kappa shape index (κ1) is 11.4. The Balaban J connectivity index is 2.46. The van der Waals surface area contributed by atoms with Gasteiger partial charge in [0.05, 0.1) is 18.0 Å². The van der Waals surface area contributed by atoms with Crippen molar-refractivity contribution in [1.82, 2.24) is 10.2 Å². The highest BCUT2D eigenvalue weighted by molar-refractivity contribution is 5.69. The first-order valence-electron chi connectivity index (χ1n) is 4.66. The molecule has 0 aliphatic rings. The summed E-state index contributed by atoms with van der Waals surface area (Å²) >= 11 is 0. The number of hydrogen-bond acceptors (Lipinski definition) is 3. The fourth-order valence-electron chi connectivity index (χ4n) is 1.40. The Kier molecular flexibility index (Phi) is 2.71. The van der Waals surface area contributed by atoms with Crippen LogP contribution >= 0.6 is 0 Å². The molecule has 0 unspecified atom stereocenters. The van der Waals surface area contributed by atoms with Crippen LogP contribution in [-0.4, -0.2) is 15.3 Å². The molecule has 0 fully saturated rings. The van der Waals surface area contributed by atoms with Crippen molar-refractivity contribution in [2.24, 2.45) is 0 Å². The van der Waals surface area contributed by atoms with E-state index in [0.717, 1.165) is 6.07 Å². The molecule has 0 atom stereocenters. The first-order valence-corrected chi connectivity index (χ1v) is 4.66. The molecule has 1 aromatic carbocycles. The number of rotatable bonds is 1. The van der Waals surface area contributed by atoms with Gasteiger partial charge in [0.1, 0.15) is 5.75 Å². The monoisotopic (exact) mass is 240 g/mol. The number of phenols is 1. The lowest BCUT2D eigenvalue weighted by Crippen LogP contribution is -2.04. The molecule has 0 spiro atoms. The van der Waals surface area contributed by atoms with Gasteiger partial charge in [0.2, 0.25) is 0 Å². The fourth-order valence-corrected chi connectivity index (χ4v) is 1.40. The molecule has 2 aromatic rings. The van der Waals surface area contributed by atoms with Crippen LogP contribution in [0.25, 0.3) is 11.1 Å². The van der Waals surface area contributed by atoms with Crippen LogP contribution in [0.1, 0.15) is 5.56 Å². The minimum absolute atomic E-state index is 0.285. The molecule has 17 heavy (non-hydrogen) atoms. The average Bonchev–Trinajstić information content (AvgIpc) is 2.29. The lowest BCUT2D eigenvalue weighted by Gasteiger charge is -2.09. The van der Waals surface area contributed by atoms with Gasteiger partial charge in [0.15, 0.2) is 0 Å². The minimum atomic E-state index is -4.47. The molecule has 0 aliphatic heterocycles. The largest absolute Gasteiger partial charge is 0.507 e. The zero-order chi connectivity index (χ0) is 12.5. The molecule has 0 bridgehead atoms. The second-order valence-corrected chi connectivity index (χ2v) is 3.36. The van der Waals surface area contributed by atoms with Gasteiger partial charge in [0, 0.05) is 11.1 Å². The van der Waals surface area contributed by atoms with Gasteiger partial charge in [-0.25, -0.2) is 0 Å². The molecule has 0 radical (unpaired) electrons. The van der Waals surface area contributed by atoms with Crippen LogP contribution < -0.4 is 0 Å². The molecule has 2 rings (SSSR count). The highest BCUT2D eigenvalue weighted by atomic mass is 19.4. The van der Waals surface area contributed by atoms with Gasteiger partial charge >= 0.3 is 6.18 Å². The van der Waals surface area contributed by atoms with Crippen molar-refractivity contribution in [3.8, 4) is 16.9 Å². The van der Waals surface area contributed by atoms with Crippen LogP contribution in [0, 0.1) is 0 Å². The number of hydrogen-bond donors (Lipinski definition) is 1. The molecule has 3 nitrogen and oxygen atoms in total. The lowest BCUT2D eigenvalue weighted by atomic mass is 10.0. The molecule has 0 saturated heterocycles. The van der Waals surface area contributed by atoms with Gasteiger partial charge in [0.25, 0.3) is 0 Å². The maximum atomic E-state index is 12.4. The van der Waals surface area contributed by atoms with Gasteiger partial charge in [-0.2, -0.15) is 23.4 Å². The van der Waals surface area contributed by atoms with Crippen LogP contribution in [0.15, 0.2) is 36.7 Å². The van der Waals surface area contributed by atoms with Crippen molar-refractivity contribution in [1.29, 1.82) is 0 Å². The number of aromatic hydroxyl groups is 1. The van der Waals surface area contributed by atoms with Crippen molar-refractivity contribution in [3.05, 3.63) is 42.2 Å². The molecule has 0 aliphatic carbocycles. The Morgan fingerprint density at radius 3 is 2.35 bits per heavy atom. The number of nitrogens with zero attached hydrogens (tertiary/aromatic N) is 2. The minimum Gasteiger partial charge on any atom is -0.507 e. The van der Waals surface area contributed by atoms with Crippen molar-refractivity contribution < 1.29 is 18.3 Å². The number of alkyl halides is 3. The van der Waals surface area contributed by atoms with Gasteiger partial charge in [-0.05, 0) is 18.2 Å². The van der Waals surface area contributed by atoms with Gasteiger partial charge in [-0.3, -0.25) is 0 Å². The van der Waals surface area contributed by atoms with E-state index in [4.69, 9.17) is 0 Å². The summed E-state index contributed by atoms with van der Waals surface area (Å²) in [5, 5.41) is 16.7. The Morgan fingerprint density at radius 2 is 1.82 bits per heavy atom. The van der Waals surface area contributed by atoms with Crippen LogP contribution in [-0.2, 0) is 6.18 Å². The zero-order valence-corrected chi connectivity index (χ0v) is 8.44. The molecule has 6 heteroatoms. The van der Waals surface area contributed by atoms with E-state index < -0.39 is 17.5 Å². The molecular formula is C11H7F3N2O. The summed E-state index contributed by atoms with van der Waals surface area (Å²) in [6.45, 7) is 0. The van der Waals surface area contributed by atoms with Crippen molar-refractivity contribution in [2.75, 3.05) is 0 Å². The summed E-state index contributed by atoms with van der Waals surface area (Å²) in [5.74, 6) is -0.437. The zero-order valence-electron chi connectivity index (χ0n) is 8.44. The van der Waals surface area contributed by atoms with E-state index in [2.05, 4.69) is 10.2 Å². The van der Waals surface area contributed by atoms with Crippen LogP contribution in [0.2, 0.25) is 0 Å². The number of phenolic OH excluding ortho intramolecular Hbond substituents is 1. The van der Waals surface area contributed by atoms with E-state index in [-0.39, 0.29) is 5.56 Å². The second-order valence-electron chi connectivity index (χ2n) is 3.36. The Bertz CT molecular complexity index is 526. The van der Waals surface area contributed by atoms with Gasteiger partial charge in [-0.15, -0.1) is 0 Å². The van der Waals surface area contributed by atoms with Crippen LogP contribution in [0.5, 0.6) is 5.75 Å². The molecular weight excluding hydrogens is 233 g/mol. The SMILES string of the molecule is Oc1cc(C(F)(F)F)ccc1-c1ccnnc1. The van der Waals surface area contributed by atoms with Gasteiger partial charge in [-0.1, -0.05) is 6.07 Å². The third kappa shape index (κ3) is 2.35. The summed E-state index contributed by atoms with van der Waals surface area (Å²) in [4.78, 5) is 0. The molecule has 88 valence electrons. The maximum absolute atomic E-state index is 12.4. The molecule has 1 heterocycles. The van der Waals surface area contributed by atoms with Crippen molar-refractivity contribution in [2.45, 2.75) is 6.18 Å². The Hall–Kier alpha value is -2.11. The normalized spacial score (nSPS) is 11.5. The second kappa shape index (κ2) is 4.04. The number of benzene rings is 1. The predicted octanol–water partition coefficient (Wildman–Crippen LogP) is 2.87. The van der Waals surface area contributed by atoms with E-state index in [1.165, 1.54) is 18.5 Å². The Morgan fingerprint density at radius 1 is 1.06 bits per heavy atom. The lowest BCUT2D eigenvalue weighted by molar-refractivity contribution is -0.137. The highest BCUT2D eigenvalue weighted by Crippen LogP contribution is 2.35.